The second-order valence-corrected chi connectivity index (χ2v) is 8.74. The molecule has 129 valence electrons. The summed E-state index contributed by atoms with van der Waals surface area (Å²) in [5.41, 5.74) is 2.50. The number of likely N-dealkylation sites (tertiary alicyclic amines) is 1. The van der Waals surface area contributed by atoms with Crippen molar-refractivity contribution in [2.24, 2.45) is 0 Å². The van der Waals surface area contributed by atoms with Crippen molar-refractivity contribution in [3.63, 3.8) is 0 Å². The molecule has 1 amide bonds. The monoisotopic (exact) mass is 530 g/mol. The van der Waals surface area contributed by atoms with Crippen LogP contribution < -0.4 is 0 Å². The average Bonchev–Trinajstić information content (AvgIpc) is 3.14. The van der Waals surface area contributed by atoms with Crippen molar-refractivity contribution >= 4 is 31.7 Å². The summed E-state index contributed by atoms with van der Waals surface area (Å²) < 4.78 is 6.06. The molecule has 2 aromatic carbocycles. The van der Waals surface area contributed by atoms with Crippen molar-refractivity contribution in [2.75, 3.05) is 19.7 Å². The minimum absolute atomic E-state index is 0.0537. The molecular formula is C21H24NO2Pb. The number of aryl methyl sites for hydroxylation is 1. The van der Waals surface area contributed by atoms with E-state index in [9.17, 15) is 4.79 Å². The fourth-order valence-electron chi connectivity index (χ4n) is 3.21. The molecule has 0 bridgehead atoms. The SMILES string of the molecule is O=C([CH]([Pb])c1ccccc1)N1CCC(OCCCc2ccccc2)C1. The number of nitrogens with zero attached hydrogens (tertiary/aromatic N) is 1. The van der Waals surface area contributed by atoms with Crippen LogP contribution in [0.15, 0.2) is 60.7 Å². The molecule has 1 aliphatic heterocycles. The van der Waals surface area contributed by atoms with Gasteiger partial charge < -0.3 is 0 Å². The first-order valence-electron chi connectivity index (χ1n) is 8.94. The first-order valence-corrected chi connectivity index (χ1v) is 11.2. The fourth-order valence-corrected chi connectivity index (χ4v) is 4.66. The Kier molecular flexibility index (Phi) is 7.04. The predicted octanol–water partition coefficient (Wildman–Crippen LogP) is 3.15. The number of amides is 1. The third-order valence-electron chi connectivity index (χ3n) is 4.64. The van der Waals surface area contributed by atoms with Crippen LogP contribution in [0.25, 0.3) is 0 Å². The van der Waals surface area contributed by atoms with Crippen LogP contribution in [0.1, 0.15) is 27.4 Å². The molecule has 1 heterocycles. The molecule has 3 radical (unpaired) electrons. The summed E-state index contributed by atoms with van der Waals surface area (Å²) in [6, 6.07) is 20.6. The Bertz CT molecular complexity index is 662. The topological polar surface area (TPSA) is 29.5 Å². The van der Waals surface area contributed by atoms with Crippen molar-refractivity contribution in [3.05, 3.63) is 71.8 Å². The average molecular weight is 530 g/mol. The van der Waals surface area contributed by atoms with Crippen molar-refractivity contribution in [3.8, 4) is 0 Å². The van der Waals surface area contributed by atoms with E-state index >= 15 is 0 Å². The van der Waals surface area contributed by atoms with E-state index in [1.54, 1.807) is 0 Å². The van der Waals surface area contributed by atoms with Crippen molar-refractivity contribution in [1.82, 2.24) is 4.90 Å². The first-order chi connectivity index (χ1) is 12.2. The normalized spacial score (nSPS) is 18.3. The van der Waals surface area contributed by atoms with E-state index in [0.29, 0.717) is 0 Å². The summed E-state index contributed by atoms with van der Waals surface area (Å²) >= 11 is 0.846. The molecule has 2 unspecified atom stereocenters. The van der Waals surface area contributed by atoms with Gasteiger partial charge in [0.25, 0.3) is 0 Å². The molecule has 0 aliphatic carbocycles. The van der Waals surface area contributed by atoms with E-state index in [1.807, 2.05) is 29.2 Å². The third kappa shape index (κ3) is 5.38. The molecule has 25 heavy (non-hydrogen) atoms. The number of ether oxygens (including phenoxy) is 1. The maximum absolute atomic E-state index is 12.7. The summed E-state index contributed by atoms with van der Waals surface area (Å²) in [5, 5.41) is 0. The van der Waals surface area contributed by atoms with E-state index in [1.165, 1.54) is 5.56 Å². The van der Waals surface area contributed by atoms with Gasteiger partial charge in [-0.15, -0.1) is 0 Å². The Hall–Kier alpha value is -1.21. The molecule has 4 heteroatoms. The van der Waals surface area contributed by atoms with Crippen LogP contribution in [0.5, 0.6) is 0 Å². The van der Waals surface area contributed by atoms with Gasteiger partial charge in [-0.05, 0) is 0 Å². The maximum atomic E-state index is 12.7. The van der Waals surface area contributed by atoms with Gasteiger partial charge in [0, 0.05) is 0 Å². The van der Waals surface area contributed by atoms with Crippen molar-refractivity contribution in [1.29, 1.82) is 0 Å². The van der Waals surface area contributed by atoms with Gasteiger partial charge in [0.05, 0.1) is 0 Å². The zero-order chi connectivity index (χ0) is 17.5. The van der Waals surface area contributed by atoms with Crippen molar-refractivity contribution in [2.45, 2.75) is 28.8 Å². The van der Waals surface area contributed by atoms with E-state index < -0.39 is 0 Å². The van der Waals surface area contributed by atoms with Crippen LogP contribution in [-0.4, -0.2) is 62.4 Å². The van der Waals surface area contributed by atoms with Gasteiger partial charge in [-0.3, -0.25) is 0 Å². The fraction of sp³-hybridized carbons (Fsp3) is 0.381. The predicted molar refractivity (Wildman–Crippen MR) is 101 cm³/mol. The third-order valence-corrected chi connectivity index (χ3v) is 6.90. The van der Waals surface area contributed by atoms with Gasteiger partial charge in [0.2, 0.25) is 0 Å². The standard InChI is InChI=1S/C21H24NO2.Pb/c23-21(16-19-10-5-2-6-11-19)22-14-13-20(17-22)24-15-7-12-18-8-3-1-4-9-18;/h1-6,8-11,16,20H,7,12-15,17H2;. The molecular weight excluding hydrogens is 505 g/mol. The molecule has 2 atom stereocenters. The van der Waals surface area contributed by atoms with Crippen LogP contribution in [0.4, 0.5) is 0 Å². The molecule has 2 aromatic rings. The summed E-state index contributed by atoms with van der Waals surface area (Å²) in [5.74, 6) is 0.272. The summed E-state index contributed by atoms with van der Waals surface area (Å²) in [7, 11) is 0. The van der Waals surface area contributed by atoms with Gasteiger partial charge in [-0.25, -0.2) is 0 Å². The quantitative estimate of drug-likeness (QED) is 0.408. The van der Waals surface area contributed by atoms with E-state index in [4.69, 9.17) is 4.74 Å². The van der Waals surface area contributed by atoms with Gasteiger partial charge in [-0.2, -0.15) is 0 Å². The molecule has 1 saturated heterocycles. The summed E-state index contributed by atoms with van der Waals surface area (Å²) in [4.78, 5) is 14.7. The molecule has 0 N–H and O–H groups in total. The molecule has 3 rings (SSSR count). The van der Waals surface area contributed by atoms with Crippen LogP contribution in [0.3, 0.4) is 0 Å². The second kappa shape index (κ2) is 9.48. The van der Waals surface area contributed by atoms with Gasteiger partial charge in [-0.1, -0.05) is 6.07 Å². The van der Waals surface area contributed by atoms with Gasteiger partial charge >= 0.3 is 160 Å². The molecule has 0 aromatic heterocycles. The van der Waals surface area contributed by atoms with E-state index in [-0.39, 0.29) is 15.5 Å². The molecule has 1 aliphatic rings. The number of hydrogen-bond acceptors (Lipinski definition) is 2. The van der Waals surface area contributed by atoms with Gasteiger partial charge in [0.15, 0.2) is 0 Å². The van der Waals surface area contributed by atoms with Crippen LogP contribution in [0, 0.1) is 0 Å². The number of rotatable bonds is 7. The summed E-state index contributed by atoms with van der Waals surface area (Å²) in [6.45, 7) is 2.34. The Morgan fingerprint density at radius 2 is 1.80 bits per heavy atom. The van der Waals surface area contributed by atoms with Crippen LogP contribution in [-0.2, 0) is 16.0 Å². The minimum atomic E-state index is 0.0537. The first kappa shape index (κ1) is 18.6. The molecule has 0 spiro atoms. The van der Waals surface area contributed by atoms with Crippen LogP contribution >= 0.6 is 0 Å². The number of benzene rings is 2. The second-order valence-electron chi connectivity index (χ2n) is 6.50. The number of carbonyl (C=O) groups excluding carboxylic acids is 1. The zero-order valence-electron chi connectivity index (χ0n) is 14.4. The Morgan fingerprint density at radius 1 is 1.12 bits per heavy atom. The van der Waals surface area contributed by atoms with E-state index in [2.05, 4.69) is 36.4 Å². The van der Waals surface area contributed by atoms with Gasteiger partial charge in [0.1, 0.15) is 0 Å². The van der Waals surface area contributed by atoms with Crippen molar-refractivity contribution < 1.29 is 9.53 Å². The zero-order valence-corrected chi connectivity index (χ0v) is 18.3. The molecule has 1 fully saturated rings. The van der Waals surface area contributed by atoms with E-state index in [0.717, 1.165) is 70.3 Å². The summed E-state index contributed by atoms with van der Waals surface area (Å²) in [6.07, 6.45) is 3.23. The molecule has 0 saturated carbocycles. The van der Waals surface area contributed by atoms with Crippen LogP contribution in [0.2, 0.25) is 0 Å². The molecule has 3 nitrogen and oxygen atoms in total. The Morgan fingerprint density at radius 3 is 2.52 bits per heavy atom. The number of carbonyl (C=O) groups is 1. The Labute approximate surface area is 166 Å². The number of hydrogen-bond donors (Lipinski definition) is 0. The Balaban J connectivity index is 1.40.